The third-order valence-corrected chi connectivity index (χ3v) is 5.41. The van der Waals surface area contributed by atoms with Gasteiger partial charge in [-0.15, -0.1) is 0 Å². The van der Waals surface area contributed by atoms with Crippen LogP contribution in [-0.2, 0) is 19.4 Å². The van der Waals surface area contributed by atoms with E-state index in [9.17, 15) is 22.4 Å². The second-order valence-corrected chi connectivity index (χ2v) is 7.85. The van der Waals surface area contributed by atoms with E-state index in [1.54, 1.807) is 6.92 Å². The summed E-state index contributed by atoms with van der Waals surface area (Å²) in [7, 11) is -3.11. The van der Waals surface area contributed by atoms with E-state index in [1.807, 2.05) is 0 Å². The summed E-state index contributed by atoms with van der Waals surface area (Å²) < 4.78 is 41.1. The fourth-order valence-corrected chi connectivity index (χ4v) is 3.90. The van der Waals surface area contributed by atoms with Gasteiger partial charge in [-0.1, -0.05) is 6.07 Å². The normalized spacial score (nSPS) is 20.7. The van der Waals surface area contributed by atoms with Crippen LogP contribution in [0.4, 0.5) is 4.39 Å². The summed E-state index contributed by atoms with van der Waals surface area (Å²) in [6, 6.07) is 3.44. The first-order valence-corrected chi connectivity index (χ1v) is 8.98. The minimum absolute atomic E-state index is 0.0104. The van der Waals surface area contributed by atoms with Crippen molar-refractivity contribution in [2.75, 3.05) is 11.5 Å². The number of benzene rings is 1. The summed E-state index contributed by atoms with van der Waals surface area (Å²) in [5, 5.41) is 2.54. The summed E-state index contributed by atoms with van der Waals surface area (Å²) in [5.41, 5.74) is 0.408. The van der Waals surface area contributed by atoms with E-state index in [0.29, 0.717) is 12.0 Å². The van der Waals surface area contributed by atoms with Crippen LogP contribution in [0.15, 0.2) is 18.2 Å². The quantitative estimate of drug-likeness (QED) is 0.823. The number of hydrogen-bond donors (Lipinski definition) is 1. The summed E-state index contributed by atoms with van der Waals surface area (Å²) in [4.78, 5) is 23.8. The standard InChI is InChI=1S/C15H18FNO5S/c1-9-3-4-11(7-13(9)16)15(19)22-10(2)14(18)17-12-5-6-23(20,21)8-12/h3-4,7,10,12H,5-6,8H2,1-2H3,(H,17,18)/t10-,12+/m0/s1. The number of halogens is 1. The average Bonchev–Trinajstić information content (AvgIpc) is 2.80. The van der Waals surface area contributed by atoms with Crippen LogP contribution in [0.1, 0.15) is 29.3 Å². The zero-order chi connectivity index (χ0) is 17.2. The molecule has 23 heavy (non-hydrogen) atoms. The molecule has 126 valence electrons. The first-order valence-electron chi connectivity index (χ1n) is 7.16. The number of carbonyl (C=O) groups excluding carboxylic acids is 2. The van der Waals surface area contributed by atoms with Gasteiger partial charge in [0, 0.05) is 6.04 Å². The molecule has 1 aliphatic rings. The van der Waals surface area contributed by atoms with Gasteiger partial charge in [-0.25, -0.2) is 17.6 Å². The van der Waals surface area contributed by atoms with E-state index in [1.165, 1.54) is 19.1 Å². The molecule has 2 rings (SSSR count). The number of aryl methyl sites for hydroxylation is 1. The minimum atomic E-state index is -3.11. The highest BCUT2D eigenvalue weighted by Gasteiger charge is 2.30. The molecule has 1 aliphatic heterocycles. The minimum Gasteiger partial charge on any atom is -0.449 e. The summed E-state index contributed by atoms with van der Waals surface area (Å²) in [5.74, 6) is -2.00. The smallest absolute Gasteiger partial charge is 0.339 e. The molecule has 1 aromatic carbocycles. The van der Waals surface area contributed by atoms with Gasteiger partial charge in [0.25, 0.3) is 5.91 Å². The van der Waals surface area contributed by atoms with Crippen LogP contribution in [-0.4, -0.2) is 43.9 Å². The van der Waals surface area contributed by atoms with E-state index in [-0.39, 0.29) is 17.1 Å². The molecular formula is C15H18FNO5S. The number of amides is 1. The van der Waals surface area contributed by atoms with Gasteiger partial charge in [-0.2, -0.15) is 0 Å². The Kier molecular flexibility index (Phi) is 5.03. The highest BCUT2D eigenvalue weighted by Crippen LogP contribution is 2.13. The zero-order valence-electron chi connectivity index (χ0n) is 12.8. The molecule has 0 spiro atoms. The second kappa shape index (κ2) is 6.66. The lowest BCUT2D eigenvalue weighted by molar-refractivity contribution is -0.129. The van der Waals surface area contributed by atoms with Crippen molar-refractivity contribution >= 4 is 21.7 Å². The Bertz CT molecular complexity index is 731. The molecule has 0 aliphatic carbocycles. The maximum atomic E-state index is 13.4. The third-order valence-electron chi connectivity index (χ3n) is 3.64. The van der Waals surface area contributed by atoms with Crippen LogP contribution >= 0.6 is 0 Å². The van der Waals surface area contributed by atoms with Gasteiger partial charge in [0.05, 0.1) is 17.1 Å². The Labute approximate surface area is 133 Å². The van der Waals surface area contributed by atoms with Crippen molar-refractivity contribution in [3.8, 4) is 0 Å². The number of esters is 1. The molecule has 2 atom stereocenters. The molecular weight excluding hydrogens is 325 g/mol. The van der Waals surface area contributed by atoms with Crippen molar-refractivity contribution < 1.29 is 27.1 Å². The van der Waals surface area contributed by atoms with Crippen LogP contribution in [0.25, 0.3) is 0 Å². The highest BCUT2D eigenvalue weighted by atomic mass is 32.2. The molecule has 1 N–H and O–H groups in total. The average molecular weight is 343 g/mol. The molecule has 0 bridgehead atoms. The molecule has 0 aromatic heterocycles. The maximum Gasteiger partial charge on any atom is 0.339 e. The molecule has 0 radical (unpaired) electrons. The fraction of sp³-hybridized carbons (Fsp3) is 0.467. The number of rotatable bonds is 4. The Morgan fingerprint density at radius 3 is 2.65 bits per heavy atom. The van der Waals surface area contributed by atoms with Gasteiger partial charge >= 0.3 is 5.97 Å². The SMILES string of the molecule is Cc1ccc(C(=O)O[C@@H](C)C(=O)N[C@@H]2CCS(=O)(=O)C2)cc1F. The molecule has 1 amide bonds. The number of nitrogens with one attached hydrogen (secondary N) is 1. The molecule has 1 heterocycles. The van der Waals surface area contributed by atoms with Crippen molar-refractivity contribution in [1.29, 1.82) is 0 Å². The van der Waals surface area contributed by atoms with Gasteiger partial charge < -0.3 is 10.1 Å². The van der Waals surface area contributed by atoms with Crippen molar-refractivity contribution in [3.05, 3.63) is 35.1 Å². The Morgan fingerprint density at radius 1 is 1.39 bits per heavy atom. The Balaban J connectivity index is 1.92. The highest BCUT2D eigenvalue weighted by molar-refractivity contribution is 7.91. The predicted molar refractivity (Wildman–Crippen MR) is 81.2 cm³/mol. The van der Waals surface area contributed by atoms with Crippen LogP contribution in [0.5, 0.6) is 0 Å². The number of ether oxygens (including phenoxy) is 1. The van der Waals surface area contributed by atoms with Gasteiger partial charge in [-0.3, -0.25) is 4.79 Å². The first kappa shape index (κ1) is 17.4. The predicted octanol–water partition coefficient (Wildman–Crippen LogP) is 0.983. The van der Waals surface area contributed by atoms with E-state index < -0.39 is 39.7 Å². The van der Waals surface area contributed by atoms with E-state index in [4.69, 9.17) is 4.74 Å². The number of carbonyl (C=O) groups is 2. The maximum absolute atomic E-state index is 13.4. The van der Waals surface area contributed by atoms with Gasteiger partial charge in [0.15, 0.2) is 15.9 Å². The van der Waals surface area contributed by atoms with Gasteiger partial charge in [0.1, 0.15) is 5.82 Å². The second-order valence-electron chi connectivity index (χ2n) is 5.62. The van der Waals surface area contributed by atoms with Gasteiger partial charge in [-0.05, 0) is 38.0 Å². The van der Waals surface area contributed by atoms with Crippen molar-refractivity contribution in [2.24, 2.45) is 0 Å². The first-order chi connectivity index (χ1) is 10.7. The van der Waals surface area contributed by atoms with E-state index >= 15 is 0 Å². The summed E-state index contributed by atoms with van der Waals surface area (Å²) in [6.07, 6.45) is -0.757. The lowest BCUT2D eigenvalue weighted by atomic mass is 10.1. The molecule has 1 saturated heterocycles. The lowest BCUT2D eigenvalue weighted by Gasteiger charge is -2.16. The summed E-state index contributed by atoms with van der Waals surface area (Å²) in [6.45, 7) is 2.94. The molecule has 0 saturated carbocycles. The topological polar surface area (TPSA) is 89.5 Å². The van der Waals surface area contributed by atoms with Crippen molar-refractivity contribution in [1.82, 2.24) is 5.32 Å². The lowest BCUT2D eigenvalue weighted by Crippen LogP contribution is -2.42. The fourth-order valence-electron chi connectivity index (χ4n) is 2.23. The third kappa shape index (κ3) is 4.51. The van der Waals surface area contributed by atoms with Crippen LogP contribution in [0.3, 0.4) is 0 Å². The molecule has 8 heteroatoms. The van der Waals surface area contributed by atoms with Crippen LogP contribution in [0.2, 0.25) is 0 Å². The molecule has 1 fully saturated rings. The van der Waals surface area contributed by atoms with Crippen LogP contribution < -0.4 is 5.32 Å². The van der Waals surface area contributed by atoms with Crippen LogP contribution in [0, 0.1) is 12.7 Å². The number of hydrogen-bond acceptors (Lipinski definition) is 5. The zero-order valence-corrected chi connectivity index (χ0v) is 13.7. The Morgan fingerprint density at radius 2 is 2.09 bits per heavy atom. The van der Waals surface area contributed by atoms with Crippen molar-refractivity contribution in [2.45, 2.75) is 32.4 Å². The van der Waals surface area contributed by atoms with E-state index in [2.05, 4.69) is 5.32 Å². The summed E-state index contributed by atoms with van der Waals surface area (Å²) >= 11 is 0. The largest absolute Gasteiger partial charge is 0.449 e. The molecule has 1 aromatic rings. The Hall–Kier alpha value is -1.96. The monoisotopic (exact) mass is 343 g/mol. The van der Waals surface area contributed by atoms with Gasteiger partial charge in [0.2, 0.25) is 0 Å². The number of sulfone groups is 1. The molecule has 6 nitrogen and oxygen atoms in total. The van der Waals surface area contributed by atoms with Crippen molar-refractivity contribution in [3.63, 3.8) is 0 Å². The van der Waals surface area contributed by atoms with E-state index in [0.717, 1.165) is 6.07 Å². The molecule has 0 unspecified atom stereocenters.